The van der Waals surface area contributed by atoms with Crippen molar-refractivity contribution < 1.29 is 13.2 Å². The predicted octanol–water partition coefficient (Wildman–Crippen LogP) is 6.57. The van der Waals surface area contributed by atoms with Crippen LogP contribution in [0, 0.1) is 18.7 Å². The molecule has 3 aromatic rings. The molecule has 10 heteroatoms. The lowest BCUT2D eigenvalue weighted by Gasteiger charge is -2.32. The minimum atomic E-state index is -1.06. The number of hydrogen-bond acceptors (Lipinski definition) is 6. The van der Waals surface area contributed by atoms with Crippen LogP contribution in [0.2, 0.25) is 0 Å². The number of piperidine rings is 1. The fourth-order valence-electron chi connectivity index (χ4n) is 5.21. The molecule has 1 saturated heterocycles. The summed E-state index contributed by atoms with van der Waals surface area (Å²) in [5, 5.41) is 3.01. The Labute approximate surface area is 227 Å². The first-order chi connectivity index (χ1) is 18.7. The average molecular weight is 540 g/mol. The topological polar surface area (TPSA) is 70.7 Å². The number of aromatic nitrogens is 3. The molecule has 0 radical (unpaired) electrons. The van der Waals surface area contributed by atoms with Gasteiger partial charge in [-0.05, 0) is 84.1 Å². The third kappa shape index (κ3) is 6.38. The summed E-state index contributed by atoms with van der Waals surface area (Å²) in [6.07, 6.45) is 3.06. The van der Waals surface area contributed by atoms with Crippen molar-refractivity contribution in [2.24, 2.45) is 15.9 Å². The number of likely N-dealkylation sites (tertiary alicyclic amines) is 1. The van der Waals surface area contributed by atoms with Gasteiger partial charge in [-0.1, -0.05) is 13.0 Å². The number of imidazole rings is 1. The van der Waals surface area contributed by atoms with Crippen LogP contribution in [0.4, 0.5) is 19.0 Å². The number of rotatable bonds is 10. The average Bonchev–Trinajstić information content (AvgIpc) is 3.27. The van der Waals surface area contributed by atoms with Gasteiger partial charge in [-0.2, -0.15) is 0 Å². The molecule has 1 fully saturated rings. The van der Waals surface area contributed by atoms with Crippen LogP contribution in [-0.4, -0.2) is 58.2 Å². The molecule has 7 nitrogen and oxygen atoms in total. The molecular formula is C29H36F3N7. The second kappa shape index (κ2) is 12.5. The van der Waals surface area contributed by atoms with Crippen molar-refractivity contribution in [1.82, 2.24) is 19.4 Å². The molecule has 0 spiro atoms. The highest BCUT2D eigenvalue weighted by atomic mass is 19.1. The largest absolute Gasteiger partial charge is 0.351 e. The number of fused-ring (bicyclic) bond motifs is 1. The number of anilines is 1. The van der Waals surface area contributed by atoms with Gasteiger partial charge in [-0.25, -0.2) is 23.1 Å². The molecular weight excluding hydrogens is 503 g/mol. The molecule has 39 heavy (non-hydrogen) atoms. The van der Waals surface area contributed by atoms with E-state index >= 15 is 13.2 Å². The van der Waals surface area contributed by atoms with Crippen molar-refractivity contribution in [2.45, 2.75) is 52.8 Å². The lowest BCUT2D eigenvalue weighted by Crippen LogP contribution is -2.34. The maximum absolute atomic E-state index is 15.1. The molecule has 1 aliphatic rings. The smallest absolute Gasteiger partial charge is 0.167 e. The summed E-state index contributed by atoms with van der Waals surface area (Å²) in [6, 6.07) is 6.33. The van der Waals surface area contributed by atoms with E-state index in [2.05, 4.69) is 43.8 Å². The van der Waals surface area contributed by atoms with Crippen LogP contribution in [0.3, 0.4) is 0 Å². The van der Waals surface area contributed by atoms with Crippen molar-refractivity contribution in [3.63, 3.8) is 0 Å². The fourth-order valence-corrected chi connectivity index (χ4v) is 5.21. The molecule has 1 aromatic carbocycles. The Balaban J connectivity index is 1.52. The molecule has 0 bridgehead atoms. The molecule has 0 aliphatic carbocycles. The van der Waals surface area contributed by atoms with Crippen molar-refractivity contribution in [3.8, 4) is 0 Å². The third-order valence-corrected chi connectivity index (χ3v) is 7.24. The number of allylic oxidation sites excluding steroid dienone is 1. The summed E-state index contributed by atoms with van der Waals surface area (Å²) in [5.41, 5.74) is 1.49. The van der Waals surface area contributed by atoms with Crippen LogP contribution in [0.15, 0.2) is 52.5 Å². The molecule has 1 unspecified atom stereocenters. The Morgan fingerprint density at radius 1 is 1.26 bits per heavy atom. The first-order valence-electron chi connectivity index (χ1n) is 13.3. The van der Waals surface area contributed by atoms with Gasteiger partial charge in [0.2, 0.25) is 0 Å². The van der Waals surface area contributed by atoms with Gasteiger partial charge in [0.05, 0.1) is 11.7 Å². The maximum atomic E-state index is 15.1. The molecule has 208 valence electrons. The normalized spacial score (nSPS) is 16.7. The number of halogens is 3. The molecule has 0 saturated carbocycles. The Bertz CT molecular complexity index is 1350. The van der Waals surface area contributed by atoms with E-state index in [0.717, 1.165) is 38.7 Å². The molecule has 0 amide bonds. The van der Waals surface area contributed by atoms with Gasteiger partial charge in [-0.15, -0.1) is 0 Å². The number of pyridine rings is 1. The Kier molecular flexibility index (Phi) is 9.16. The quantitative estimate of drug-likeness (QED) is 0.296. The lowest BCUT2D eigenvalue weighted by atomic mass is 9.89. The first-order valence-corrected chi connectivity index (χ1v) is 13.3. The van der Waals surface area contributed by atoms with Crippen molar-refractivity contribution >= 4 is 29.3 Å². The molecule has 3 heterocycles. The summed E-state index contributed by atoms with van der Waals surface area (Å²) in [7, 11) is 0. The van der Waals surface area contributed by atoms with E-state index in [-0.39, 0.29) is 35.4 Å². The Morgan fingerprint density at radius 2 is 2.00 bits per heavy atom. The Morgan fingerprint density at radius 3 is 2.62 bits per heavy atom. The van der Waals surface area contributed by atoms with Gasteiger partial charge in [0, 0.05) is 23.4 Å². The SMILES string of the molecule is C=N/C=C(F)\C(=N/CNc1ccc(C(F)C2CCN(CC)CC2)cn1)c1cc(F)c2nc(C)n(C(C)C)c2c1. The molecule has 1 N–H and O–H groups in total. The fraction of sp³-hybridized carbons (Fsp3) is 0.448. The van der Waals surface area contributed by atoms with E-state index in [9.17, 15) is 0 Å². The van der Waals surface area contributed by atoms with Crippen LogP contribution < -0.4 is 5.32 Å². The van der Waals surface area contributed by atoms with Gasteiger partial charge in [-0.3, -0.25) is 9.98 Å². The predicted molar refractivity (Wildman–Crippen MR) is 152 cm³/mol. The number of hydrogen-bond donors (Lipinski definition) is 1. The highest BCUT2D eigenvalue weighted by Crippen LogP contribution is 2.34. The highest BCUT2D eigenvalue weighted by Gasteiger charge is 2.27. The van der Waals surface area contributed by atoms with Gasteiger partial charge in [0.25, 0.3) is 0 Å². The minimum absolute atomic E-state index is 0.0117. The van der Waals surface area contributed by atoms with Gasteiger partial charge in [0.15, 0.2) is 11.6 Å². The van der Waals surface area contributed by atoms with E-state index in [0.29, 0.717) is 22.7 Å². The molecule has 4 rings (SSSR count). The van der Waals surface area contributed by atoms with Crippen LogP contribution in [0.5, 0.6) is 0 Å². The lowest BCUT2D eigenvalue weighted by molar-refractivity contribution is 0.124. The zero-order valence-corrected chi connectivity index (χ0v) is 23.0. The van der Waals surface area contributed by atoms with Gasteiger partial charge in [0.1, 0.15) is 35.7 Å². The highest BCUT2D eigenvalue weighted by molar-refractivity contribution is 6.12. The summed E-state index contributed by atoms with van der Waals surface area (Å²) in [4.78, 5) is 18.8. The van der Waals surface area contributed by atoms with Crippen LogP contribution >= 0.6 is 0 Å². The maximum Gasteiger partial charge on any atom is 0.167 e. The summed E-state index contributed by atoms with van der Waals surface area (Å²) < 4.78 is 47.0. The zero-order chi connectivity index (χ0) is 28.1. The zero-order valence-electron chi connectivity index (χ0n) is 23.0. The number of benzene rings is 1. The van der Waals surface area contributed by atoms with Gasteiger partial charge < -0.3 is 14.8 Å². The van der Waals surface area contributed by atoms with Gasteiger partial charge >= 0.3 is 0 Å². The standard InChI is InChI=1S/C29H36F3N7/c1-6-38-11-9-20(10-12-38)27(32)21-7-8-26(34-15-21)35-17-36-28(24(31)16-33-5)22-13-23(30)29-25(14-22)39(18(2)3)19(4)37-29/h7-8,13-16,18,20,27H,5-6,9-12,17H2,1-4H3,(H,34,35)/b24-16+,36-28-. The summed E-state index contributed by atoms with van der Waals surface area (Å²) in [5.74, 6) is -0.200. The van der Waals surface area contributed by atoms with E-state index < -0.39 is 17.8 Å². The Hall–Kier alpha value is -3.53. The molecule has 1 atom stereocenters. The third-order valence-electron chi connectivity index (χ3n) is 7.24. The van der Waals surface area contributed by atoms with E-state index in [1.54, 1.807) is 25.1 Å². The monoisotopic (exact) mass is 539 g/mol. The van der Waals surface area contributed by atoms with Crippen LogP contribution in [0.25, 0.3) is 11.0 Å². The van der Waals surface area contributed by atoms with E-state index in [4.69, 9.17) is 0 Å². The number of aryl methyl sites for hydroxylation is 1. The van der Waals surface area contributed by atoms with Crippen LogP contribution in [-0.2, 0) is 0 Å². The number of alkyl halides is 1. The van der Waals surface area contributed by atoms with Crippen molar-refractivity contribution in [2.75, 3.05) is 31.6 Å². The van der Waals surface area contributed by atoms with Crippen LogP contribution in [0.1, 0.15) is 62.8 Å². The first kappa shape index (κ1) is 28.5. The van der Waals surface area contributed by atoms with Crippen molar-refractivity contribution in [1.29, 1.82) is 0 Å². The summed E-state index contributed by atoms with van der Waals surface area (Å²) >= 11 is 0. The van der Waals surface area contributed by atoms with Crippen molar-refractivity contribution in [3.05, 3.63) is 65.3 Å². The second-order valence-electron chi connectivity index (χ2n) is 10.1. The molecule has 2 aromatic heterocycles. The van der Waals surface area contributed by atoms with E-state index in [1.807, 2.05) is 18.4 Å². The summed E-state index contributed by atoms with van der Waals surface area (Å²) in [6.45, 7) is 14.0. The minimum Gasteiger partial charge on any atom is -0.351 e. The molecule has 1 aliphatic heterocycles. The van der Waals surface area contributed by atoms with E-state index in [1.165, 1.54) is 12.3 Å². The number of aliphatic imine (C=N–C) groups is 2. The second-order valence-corrected chi connectivity index (χ2v) is 10.1. The number of nitrogens with one attached hydrogen (secondary N) is 1. The number of nitrogens with zero attached hydrogens (tertiary/aromatic N) is 6.